The second-order valence-corrected chi connectivity index (χ2v) is 6.50. The first-order chi connectivity index (χ1) is 9.56. The number of nitrogens with zero attached hydrogens (tertiary/aromatic N) is 1. The Labute approximate surface area is 126 Å². The van der Waals surface area contributed by atoms with E-state index in [0.29, 0.717) is 13.0 Å². The molecule has 0 radical (unpaired) electrons. The highest BCUT2D eigenvalue weighted by atomic mass is 79.9. The van der Waals surface area contributed by atoms with E-state index in [1.807, 2.05) is 24.3 Å². The Bertz CT molecular complexity index is 522. The first kappa shape index (κ1) is 14.0. The number of hydrogen-bond acceptors (Lipinski definition) is 3. The quantitative estimate of drug-likeness (QED) is 0.919. The summed E-state index contributed by atoms with van der Waals surface area (Å²) in [5, 5.41) is 9.44. The van der Waals surface area contributed by atoms with E-state index in [2.05, 4.69) is 27.8 Å². The molecule has 0 aromatic heterocycles. The lowest BCUT2D eigenvalue weighted by Gasteiger charge is -2.27. The van der Waals surface area contributed by atoms with Crippen LogP contribution in [0, 0.1) is 0 Å². The van der Waals surface area contributed by atoms with Gasteiger partial charge in [-0.3, -0.25) is 9.69 Å². The first-order valence-electron chi connectivity index (χ1n) is 6.93. The number of halogens is 1. The van der Waals surface area contributed by atoms with Gasteiger partial charge in [0.15, 0.2) is 0 Å². The van der Waals surface area contributed by atoms with Crippen LogP contribution in [0.15, 0.2) is 28.7 Å². The zero-order valence-corrected chi connectivity index (χ0v) is 12.9. The van der Waals surface area contributed by atoms with Gasteiger partial charge in [-0.1, -0.05) is 34.1 Å². The fourth-order valence-corrected chi connectivity index (χ4v) is 3.79. The third kappa shape index (κ3) is 2.50. The highest BCUT2D eigenvalue weighted by Gasteiger charge is 2.49. The standard InChI is InChI=1S/C15H18BrNO3/c1-9-6-12-14(20-9)7-13(15(18)19)17(12)8-10-4-2-3-5-11(10)16/h2-5,9,12-14H,6-8H2,1H3,(H,18,19)/t9-,12+,13+,14+/m1/s1. The van der Waals surface area contributed by atoms with Crippen molar-refractivity contribution in [3.63, 3.8) is 0 Å². The van der Waals surface area contributed by atoms with Crippen molar-refractivity contribution in [2.24, 2.45) is 0 Å². The van der Waals surface area contributed by atoms with E-state index in [4.69, 9.17) is 4.74 Å². The average Bonchev–Trinajstić information content (AvgIpc) is 2.90. The maximum Gasteiger partial charge on any atom is 0.321 e. The molecular formula is C15H18BrNO3. The molecule has 1 N–H and O–H groups in total. The molecule has 2 aliphatic rings. The van der Waals surface area contributed by atoms with Crippen molar-refractivity contribution in [3.8, 4) is 0 Å². The summed E-state index contributed by atoms with van der Waals surface area (Å²) in [5.74, 6) is -0.747. The lowest BCUT2D eigenvalue weighted by molar-refractivity contribution is -0.143. The first-order valence-corrected chi connectivity index (χ1v) is 7.73. The molecule has 5 heteroatoms. The van der Waals surface area contributed by atoms with Gasteiger partial charge in [-0.25, -0.2) is 0 Å². The van der Waals surface area contributed by atoms with Crippen molar-refractivity contribution < 1.29 is 14.6 Å². The highest BCUT2D eigenvalue weighted by Crippen LogP contribution is 2.38. The molecule has 0 amide bonds. The van der Waals surface area contributed by atoms with Gasteiger partial charge in [0.05, 0.1) is 12.2 Å². The monoisotopic (exact) mass is 339 g/mol. The fraction of sp³-hybridized carbons (Fsp3) is 0.533. The Kier molecular flexibility index (Phi) is 3.84. The maximum atomic E-state index is 11.5. The van der Waals surface area contributed by atoms with Crippen molar-refractivity contribution in [1.82, 2.24) is 4.90 Å². The van der Waals surface area contributed by atoms with E-state index < -0.39 is 12.0 Å². The van der Waals surface area contributed by atoms with E-state index in [1.54, 1.807) is 0 Å². The van der Waals surface area contributed by atoms with E-state index in [1.165, 1.54) is 0 Å². The second kappa shape index (κ2) is 5.47. The van der Waals surface area contributed by atoms with Crippen LogP contribution >= 0.6 is 15.9 Å². The molecule has 2 fully saturated rings. The lowest BCUT2D eigenvalue weighted by atomic mass is 10.1. The third-order valence-electron chi connectivity index (χ3n) is 4.29. The number of hydrogen-bond donors (Lipinski definition) is 1. The highest BCUT2D eigenvalue weighted by molar-refractivity contribution is 9.10. The molecule has 0 bridgehead atoms. The minimum atomic E-state index is -0.747. The molecule has 2 aliphatic heterocycles. The van der Waals surface area contributed by atoms with Gasteiger partial charge in [0.1, 0.15) is 6.04 Å². The van der Waals surface area contributed by atoms with Gasteiger partial charge in [0.25, 0.3) is 0 Å². The van der Waals surface area contributed by atoms with E-state index in [9.17, 15) is 9.90 Å². The maximum absolute atomic E-state index is 11.5. The molecule has 4 atom stereocenters. The number of aliphatic carboxylic acids is 1. The van der Waals surface area contributed by atoms with Crippen LogP contribution in [0.1, 0.15) is 25.3 Å². The molecule has 4 nitrogen and oxygen atoms in total. The SMILES string of the molecule is C[C@@H]1C[C@H]2[C@H](C[C@@H](C(=O)O)N2Cc2ccccc2Br)O1. The summed E-state index contributed by atoms with van der Waals surface area (Å²) < 4.78 is 6.87. The number of likely N-dealkylation sites (tertiary alicyclic amines) is 1. The van der Waals surface area contributed by atoms with E-state index in [-0.39, 0.29) is 18.2 Å². The van der Waals surface area contributed by atoms with Crippen LogP contribution in [0.4, 0.5) is 0 Å². The van der Waals surface area contributed by atoms with Crippen LogP contribution in [-0.4, -0.2) is 40.3 Å². The van der Waals surface area contributed by atoms with Crippen molar-refractivity contribution in [1.29, 1.82) is 0 Å². The lowest BCUT2D eigenvalue weighted by Crippen LogP contribution is -2.40. The number of carboxylic acid groups (broad SMARTS) is 1. The van der Waals surface area contributed by atoms with Crippen LogP contribution in [0.2, 0.25) is 0 Å². The van der Waals surface area contributed by atoms with Crippen molar-refractivity contribution >= 4 is 21.9 Å². The Morgan fingerprint density at radius 3 is 2.90 bits per heavy atom. The number of benzene rings is 1. The zero-order valence-electron chi connectivity index (χ0n) is 11.3. The molecule has 0 aliphatic carbocycles. The molecule has 3 rings (SSSR count). The fourth-order valence-electron chi connectivity index (χ4n) is 3.38. The minimum Gasteiger partial charge on any atom is -0.480 e. The molecule has 0 spiro atoms. The number of carboxylic acids is 1. The Hall–Kier alpha value is -0.910. The van der Waals surface area contributed by atoms with Gasteiger partial charge in [-0.2, -0.15) is 0 Å². The molecule has 0 unspecified atom stereocenters. The summed E-state index contributed by atoms with van der Waals surface area (Å²) >= 11 is 3.54. The van der Waals surface area contributed by atoms with Gasteiger partial charge in [0, 0.05) is 23.5 Å². The molecule has 0 saturated carbocycles. The number of carbonyl (C=O) groups is 1. The van der Waals surface area contributed by atoms with Gasteiger partial charge >= 0.3 is 5.97 Å². The number of fused-ring (bicyclic) bond motifs is 1. The molecule has 1 aromatic rings. The van der Waals surface area contributed by atoms with Crippen LogP contribution in [0.5, 0.6) is 0 Å². The second-order valence-electron chi connectivity index (χ2n) is 5.64. The van der Waals surface area contributed by atoms with Gasteiger partial charge < -0.3 is 9.84 Å². The van der Waals surface area contributed by atoms with Crippen LogP contribution in [-0.2, 0) is 16.1 Å². The summed E-state index contributed by atoms with van der Waals surface area (Å²) in [6.45, 7) is 2.71. The Morgan fingerprint density at radius 2 is 2.20 bits per heavy atom. The smallest absolute Gasteiger partial charge is 0.321 e. The summed E-state index contributed by atoms with van der Waals surface area (Å²) in [4.78, 5) is 13.6. The van der Waals surface area contributed by atoms with Crippen LogP contribution in [0.3, 0.4) is 0 Å². The Balaban J connectivity index is 1.84. The summed E-state index contributed by atoms with van der Waals surface area (Å²) in [6, 6.07) is 7.76. The normalized spacial score (nSPS) is 33.3. The molecule has 2 heterocycles. The Morgan fingerprint density at radius 1 is 1.45 bits per heavy atom. The van der Waals surface area contributed by atoms with Gasteiger partial charge in [0.2, 0.25) is 0 Å². The molecular weight excluding hydrogens is 322 g/mol. The molecule has 108 valence electrons. The van der Waals surface area contributed by atoms with Crippen LogP contribution < -0.4 is 0 Å². The largest absolute Gasteiger partial charge is 0.480 e. The molecule has 2 saturated heterocycles. The summed E-state index contributed by atoms with van der Waals surface area (Å²) in [5.41, 5.74) is 1.12. The van der Waals surface area contributed by atoms with Crippen LogP contribution in [0.25, 0.3) is 0 Å². The minimum absolute atomic E-state index is 0.0635. The summed E-state index contributed by atoms with van der Waals surface area (Å²) in [7, 11) is 0. The average molecular weight is 340 g/mol. The van der Waals surface area contributed by atoms with Crippen molar-refractivity contribution in [3.05, 3.63) is 34.3 Å². The van der Waals surface area contributed by atoms with E-state index >= 15 is 0 Å². The number of rotatable bonds is 3. The van der Waals surface area contributed by atoms with Crippen molar-refractivity contribution in [2.45, 2.75) is 50.6 Å². The predicted octanol–water partition coefficient (Wildman–Crippen LogP) is 2.65. The third-order valence-corrected chi connectivity index (χ3v) is 5.06. The topological polar surface area (TPSA) is 49.8 Å². The molecule has 1 aromatic carbocycles. The molecule has 20 heavy (non-hydrogen) atoms. The van der Waals surface area contributed by atoms with Crippen molar-refractivity contribution in [2.75, 3.05) is 0 Å². The van der Waals surface area contributed by atoms with E-state index in [0.717, 1.165) is 16.5 Å². The van der Waals surface area contributed by atoms with Gasteiger partial charge in [-0.05, 0) is 25.0 Å². The zero-order chi connectivity index (χ0) is 14.3. The predicted molar refractivity (Wildman–Crippen MR) is 78.5 cm³/mol. The van der Waals surface area contributed by atoms with Gasteiger partial charge in [-0.15, -0.1) is 0 Å². The number of ether oxygens (including phenoxy) is 1. The summed E-state index contributed by atoms with van der Waals surface area (Å²) in [6.07, 6.45) is 1.79.